The Morgan fingerprint density at radius 1 is 1.16 bits per heavy atom. The molecule has 0 atom stereocenters. The van der Waals surface area contributed by atoms with Crippen LogP contribution in [-0.4, -0.2) is 52.2 Å². The number of aromatic nitrogens is 1. The van der Waals surface area contributed by atoms with Crippen LogP contribution in [0.3, 0.4) is 0 Å². The number of amides is 1. The Morgan fingerprint density at radius 3 is 2.63 bits per heavy atom. The number of ether oxygens (including phenoxy) is 2. The molecule has 2 aromatic rings. The van der Waals surface area contributed by atoms with Gasteiger partial charge in [-0.1, -0.05) is 46.1 Å². The lowest BCUT2D eigenvalue weighted by molar-refractivity contribution is -0.0447. The summed E-state index contributed by atoms with van der Waals surface area (Å²) in [5, 5.41) is 18.8. The van der Waals surface area contributed by atoms with E-state index < -0.39 is 6.29 Å². The number of carbonyl (C=O) groups is 1. The van der Waals surface area contributed by atoms with Crippen molar-refractivity contribution in [3.63, 3.8) is 0 Å². The van der Waals surface area contributed by atoms with Crippen LogP contribution in [0.15, 0.2) is 16.5 Å². The molecule has 1 aromatic carbocycles. The quantitative estimate of drug-likeness (QED) is 0.407. The third-order valence-corrected chi connectivity index (χ3v) is 7.90. The van der Waals surface area contributed by atoms with Crippen molar-refractivity contribution >= 4 is 6.09 Å². The van der Waals surface area contributed by atoms with E-state index in [-0.39, 0.29) is 23.8 Å². The number of benzene rings is 1. The van der Waals surface area contributed by atoms with Crippen LogP contribution in [-0.2, 0) is 36.0 Å². The molecule has 38 heavy (non-hydrogen) atoms. The van der Waals surface area contributed by atoms with Gasteiger partial charge in [-0.15, -0.1) is 0 Å². The zero-order chi connectivity index (χ0) is 27.3. The van der Waals surface area contributed by atoms with E-state index in [2.05, 4.69) is 6.92 Å². The summed E-state index contributed by atoms with van der Waals surface area (Å²) in [6.45, 7) is 10.1. The molecule has 0 radical (unpaired) electrons. The van der Waals surface area contributed by atoms with E-state index in [0.717, 1.165) is 52.6 Å². The molecule has 1 amide bonds. The number of hydrogen-bond donors (Lipinski definition) is 2. The first kappa shape index (κ1) is 28.4. The molecule has 1 saturated carbocycles. The Bertz CT molecular complexity index is 1090. The lowest BCUT2D eigenvalue weighted by atomic mass is 9.76. The minimum Gasteiger partial charge on any atom is -0.493 e. The van der Waals surface area contributed by atoms with Gasteiger partial charge < -0.3 is 29.0 Å². The molecule has 2 N–H and O–H groups in total. The van der Waals surface area contributed by atoms with E-state index in [1.54, 1.807) is 4.90 Å². The highest BCUT2D eigenvalue weighted by Crippen LogP contribution is 2.39. The number of hydrogen-bond acceptors (Lipinski definition) is 7. The van der Waals surface area contributed by atoms with Crippen LogP contribution in [0.25, 0.3) is 0 Å². The zero-order valence-corrected chi connectivity index (χ0v) is 23.4. The van der Waals surface area contributed by atoms with Gasteiger partial charge in [0, 0.05) is 36.9 Å². The first-order valence-electron chi connectivity index (χ1n) is 14.2. The molecule has 2 aliphatic rings. The predicted octanol–water partition coefficient (Wildman–Crippen LogP) is 5.22. The lowest BCUT2D eigenvalue weighted by Gasteiger charge is -2.31. The first-order valence-corrected chi connectivity index (χ1v) is 14.2. The van der Waals surface area contributed by atoms with Gasteiger partial charge in [0.05, 0.1) is 18.9 Å². The van der Waals surface area contributed by atoms with Gasteiger partial charge in [0.15, 0.2) is 6.29 Å². The van der Waals surface area contributed by atoms with E-state index in [1.165, 1.54) is 19.3 Å². The van der Waals surface area contributed by atoms with Crippen LogP contribution in [0, 0.1) is 12.8 Å². The minimum absolute atomic E-state index is 0.0291. The monoisotopic (exact) mass is 528 g/mol. The molecule has 0 bridgehead atoms. The van der Waals surface area contributed by atoms with Crippen LogP contribution >= 0.6 is 0 Å². The summed E-state index contributed by atoms with van der Waals surface area (Å²) in [7, 11) is 0. The van der Waals surface area contributed by atoms with Crippen molar-refractivity contribution in [1.29, 1.82) is 0 Å². The number of oxazole rings is 1. The van der Waals surface area contributed by atoms with Crippen LogP contribution in [0.5, 0.6) is 5.75 Å². The predicted molar refractivity (Wildman–Crippen MR) is 144 cm³/mol. The van der Waals surface area contributed by atoms with Crippen molar-refractivity contribution in [3.05, 3.63) is 46.2 Å². The van der Waals surface area contributed by atoms with Gasteiger partial charge in [0.2, 0.25) is 5.89 Å². The molecule has 8 heteroatoms. The molecule has 210 valence electrons. The van der Waals surface area contributed by atoms with Crippen LogP contribution in [0.4, 0.5) is 4.79 Å². The number of nitrogens with zero attached hydrogens (tertiary/aromatic N) is 2. The van der Waals surface area contributed by atoms with Gasteiger partial charge in [0.1, 0.15) is 11.5 Å². The van der Waals surface area contributed by atoms with E-state index in [9.17, 15) is 15.0 Å². The largest absolute Gasteiger partial charge is 0.493 e. The van der Waals surface area contributed by atoms with Gasteiger partial charge >= 0.3 is 6.09 Å². The number of aryl methyl sites for hydroxylation is 2. The summed E-state index contributed by atoms with van der Waals surface area (Å²) in [6.07, 6.45) is 6.35. The topological polar surface area (TPSA) is 105 Å². The number of rotatable bonds is 10. The van der Waals surface area contributed by atoms with E-state index >= 15 is 0 Å². The molecular formula is C30H44N2O6. The molecule has 1 fully saturated rings. The Morgan fingerprint density at radius 2 is 1.92 bits per heavy atom. The smallest absolute Gasteiger partial charge is 0.410 e. The first-order chi connectivity index (χ1) is 18.2. The maximum atomic E-state index is 12.7. The fraction of sp³-hybridized carbons (Fsp3) is 0.667. The van der Waals surface area contributed by atoms with Crippen molar-refractivity contribution in [1.82, 2.24) is 9.88 Å². The second-order valence-electron chi connectivity index (χ2n) is 11.6. The summed E-state index contributed by atoms with van der Waals surface area (Å²) in [4.78, 5) is 19.3. The number of aliphatic hydroxyl groups is 2. The van der Waals surface area contributed by atoms with E-state index in [4.69, 9.17) is 18.9 Å². The molecule has 0 saturated heterocycles. The van der Waals surface area contributed by atoms with Gasteiger partial charge in [-0.3, -0.25) is 0 Å². The highest BCUT2D eigenvalue weighted by atomic mass is 16.6. The number of aliphatic hydroxyl groups excluding tert-OH is 1. The highest BCUT2D eigenvalue weighted by molar-refractivity contribution is 5.68. The number of fused-ring (bicyclic) bond motifs is 1. The van der Waals surface area contributed by atoms with Crippen molar-refractivity contribution in [3.8, 4) is 5.75 Å². The highest BCUT2D eigenvalue weighted by Gasteiger charge is 2.34. The molecule has 1 aromatic heterocycles. The van der Waals surface area contributed by atoms with Crippen molar-refractivity contribution in [2.45, 2.75) is 104 Å². The second-order valence-corrected chi connectivity index (χ2v) is 11.6. The van der Waals surface area contributed by atoms with Crippen molar-refractivity contribution in [2.24, 2.45) is 5.92 Å². The van der Waals surface area contributed by atoms with Gasteiger partial charge in [0.25, 0.3) is 0 Å². The average Bonchev–Trinajstić information content (AvgIpc) is 3.27. The van der Waals surface area contributed by atoms with Gasteiger partial charge in [-0.2, -0.15) is 0 Å². The Hall–Kier alpha value is -2.58. The van der Waals surface area contributed by atoms with Crippen LogP contribution in [0.1, 0.15) is 93.3 Å². The summed E-state index contributed by atoms with van der Waals surface area (Å²) < 4.78 is 17.9. The fourth-order valence-electron chi connectivity index (χ4n) is 5.57. The van der Waals surface area contributed by atoms with Gasteiger partial charge in [-0.05, 0) is 55.7 Å². The third kappa shape index (κ3) is 6.89. The minimum atomic E-state index is -1.37. The Kier molecular flexibility index (Phi) is 9.36. The SMILES string of the molecule is Cc1oc(C2(C)CCCCC2)nc1CCOc1ccc(CCC(O)O)c2c1CCN(C(=O)OCC(C)C)C2. The number of carbonyl (C=O) groups excluding carboxylic acids is 1. The lowest BCUT2D eigenvalue weighted by Crippen LogP contribution is -2.37. The fourth-order valence-corrected chi connectivity index (χ4v) is 5.57. The molecular weight excluding hydrogens is 484 g/mol. The standard InChI is InChI=1S/C30H44N2O6/c1-20(2)19-37-29(35)32-16-12-23-24(18-32)22(9-11-27(33)34)8-10-26(23)36-17-13-25-21(3)38-28(31-25)30(4)14-6-5-7-15-30/h8,10,20,27,33-34H,5-7,9,11-19H2,1-4H3. The molecule has 0 unspecified atom stereocenters. The summed E-state index contributed by atoms with van der Waals surface area (Å²) in [6, 6.07) is 3.94. The summed E-state index contributed by atoms with van der Waals surface area (Å²) in [5.41, 5.74) is 4.07. The molecule has 2 heterocycles. The van der Waals surface area contributed by atoms with Crippen LogP contribution in [0.2, 0.25) is 0 Å². The Labute approximate surface area is 226 Å². The van der Waals surface area contributed by atoms with Crippen molar-refractivity contribution < 1.29 is 28.9 Å². The normalized spacial score (nSPS) is 17.1. The third-order valence-electron chi connectivity index (χ3n) is 7.90. The van der Waals surface area contributed by atoms with Gasteiger partial charge in [-0.25, -0.2) is 9.78 Å². The van der Waals surface area contributed by atoms with Crippen LogP contribution < -0.4 is 4.74 Å². The molecule has 4 rings (SSSR count). The molecule has 1 aliphatic heterocycles. The summed E-state index contributed by atoms with van der Waals surface area (Å²) in [5.74, 6) is 2.81. The molecule has 1 aliphatic carbocycles. The molecule has 8 nitrogen and oxygen atoms in total. The maximum absolute atomic E-state index is 12.7. The summed E-state index contributed by atoms with van der Waals surface area (Å²) >= 11 is 0. The van der Waals surface area contributed by atoms with E-state index in [1.807, 2.05) is 32.9 Å². The van der Waals surface area contributed by atoms with Crippen molar-refractivity contribution in [2.75, 3.05) is 19.8 Å². The zero-order valence-electron chi connectivity index (χ0n) is 23.4. The van der Waals surface area contributed by atoms with E-state index in [0.29, 0.717) is 45.6 Å². The Balaban J connectivity index is 1.45. The maximum Gasteiger partial charge on any atom is 0.410 e. The molecule has 0 spiro atoms. The second kappa shape index (κ2) is 12.5. The average molecular weight is 529 g/mol.